The van der Waals surface area contributed by atoms with Gasteiger partial charge in [0.25, 0.3) is 0 Å². The van der Waals surface area contributed by atoms with Gasteiger partial charge in [-0.15, -0.1) is 0 Å². The molecule has 0 aliphatic heterocycles. The lowest BCUT2D eigenvalue weighted by Crippen LogP contribution is -2.16. The molecule has 0 aliphatic carbocycles. The third-order valence-corrected chi connectivity index (χ3v) is 1.94. The highest BCUT2D eigenvalue weighted by Crippen LogP contribution is 2.15. The van der Waals surface area contributed by atoms with Crippen molar-refractivity contribution < 1.29 is 10.2 Å². The van der Waals surface area contributed by atoms with Crippen molar-refractivity contribution in [1.82, 2.24) is 0 Å². The van der Waals surface area contributed by atoms with Gasteiger partial charge in [0, 0.05) is 0 Å². The number of rotatable bonds is 4. The van der Waals surface area contributed by atoms with Crippen LogP contribution in [-0.4, -0.2) is 16.3 Å². The van der Waals surface area contributed by atoms with E-state index in [0.717, 1.165) is 24.7 Å². The summed E-state index contributed by atoms with van der Waals surface area (Å²) < 4.78 is 0. The van der Waals surface area contributed by atoms with Gasteiger partial charge in [-0.25, -0.2) is 0 Å². The maximum absolute atomic E-state index is 9.36. The predicted molar refractivity (Wildman–Crippen MR) is 46.5 cm³/mol. The lowest BCUT2D eigenvalue weighted by molar-refractivity contribution is 0.112. The van der Waals surface area contributed by atoms with Gasteiger partial charge in [-0.05, 0) is 31.3 Å². The van der Waals surface area contributed by atoms with E-state index in [2.05, 4.69) is 0 Å². The van der Waals surface area contributed by atoms with Gasteiger partial charge in [-0.1, -0.05) is 13.8 Å². The van der Waals surface area contributed by atoms with Crippen molar-refractivity contribution in [3.05, 3.63) is 11.8 Å². The van der Waals surface area contributed by atoms with Gasteiger partial charge in [0.05, 0.1) is 12.4 Å². The highest BCUT2D eigenvalue weighted by atomic mass is 16.3. The molecule has 2 nitrogen and oxygen atoms in total. The fourth-order valence-electron chi connectivity index (χ4n) is 1.10. The van der Waals surface area contributed by atoms with Crippen LogP contribution in [0.2, 0.25) is 0 Å². The minimum absolute atomic E-state index is 0.239. The zero-order valence-electron chi connectivity index (χ0n) is 7.54. The van der Waals surface area contributed by atoms with Crippen LogP contribution in [0.1, 0.15) is 33.6 Å². The minimum Gasteiger partial charge on any atom is -0.516 e. The monoisotopic (exact) mass is 158 g/mol. The first-order valence-electron chi connectivity index (χ1n) is 4.09. The van der Waals surface area contributed by atoms with E-state index in [4.69, 9.17) is 5.11 Å². The summed E-state index contributed by atoms with van der Waals surface area (Å²) in [5.41, 5.74) is 0.921. The van der Waals surface area contributed by atoms with E-state index in [-0.39, 0.29) is 12.0 Å². The van der Waals surface area contributed by atoms with E-state index >= 15 is 0 Å². The molecule has 0 fully saturated rings. The van der Waals surface area contributed by atoms with Crippen molar-refractivity contribution in [3.63, 3.8) is 0 Å². The van der Waals surface area contributed by atoms with Crippen LogP contribution in [0.5, 0.6) is 0 Å². The van der Waals surface area contributed by atoms with Crippen molar-refractivity contribution >= 4 is 0 Å². The first-order chi connectivity index (χ1) is 5.11. The van der Waals surface area contributed by atoms with Crippen LogP contribution < -0.4 is 0 Å². The molecule has 0 aromatic carbocycles. The smallest absolute Gasteiger partial charge is 0.0780 e. The first-order valence-corrected chi connectivity index (χ1v) is 4.09. The van der Waals surface area contributed by atoms with Crippen LogP contribution >= 0.6 is 0 Å². The fraction of sp³-hybridized carbons (Fsp3) is 0.778. The second-order valence-electron chi connectivity index (χ2n) is 3.13. The zero-order chi connectivity index (χ0) is 8.85. The van der Waals surface area contributed by atoms with Crippen LogP contribution in [0, 0.1) is 5.92 Å². The van der Waals surface area contributed by atoms with Gasteiger partial charge in [0.2, 0.25) is 0 Å². The highest BCUT2D eigenvalue weighted by molar-refractivity contribution is 4.94. The topological polar surface area (TPSA) is 40.5 Å². The largest absolute Gasteiger partial charge is 0.516 e. The summed E-state index contributed by atoms with van der Waals surface area (Å²) in [4.78, 5) is 0. The normalized spacial score (nSPS) is 18.0. The molecule has 0 amide bonds. The molecular weight excluding hydrogens is 140 g/mol. The first kappa shape index (κ1) is 10.5. The molecule has 2 N–H and O–H groups in total. The summed E-state index contributed by atoms with van der Waals surface area (Å²) in [6.07, 6.45) is 2.41. The zero-order valence-corrected chi connectivity index (χ0v) is 7.54. The van der Waals surface area contributed by atoms with Crippen LogP contribution in [0.25, 0.3) is 0 Å². The van der Waals surface area contributed by atoms with Crippen molar-refractivity contribution in [3.8, 4) is 0 Å². The molecule has 0 spiro atoms. The highest BCUT2D eigenvalue weighted by Gasteiger charge is 2.11. The summed E-state index contributed by atoms with van der Waals surface area (Å²) in [7, 11) is 0. The Bertz CT molecular complexity index is 130. The third-order valence-electron chi connectivity index (χ3n) is 1.94. The Morgan fingerprint density at radius 3 is 2.45 bits per heavy atom. The van der Waals surface area contributed by atoms with E-state index in [9.17, 15) is 5.11 Å². The molecule has 0 aromatic heterocycles. The molecule has 0 saturated carbocycles. The second-order valence-corrected chi connectivity index (χ2v) is 3.13. The van der Waals surface area contributed by atoms with Gasteiger partial charge in [0.15, 0.2) is 0 Å². The van der Waals surface area contributed by atoms with Crippen molar-refractivity contribution in [2.24, 2.45) is 5.92 Å². The van der Waals surface area contributed by atoms with E-state index in [1.807, 2.05) is 20.8 Å². The average molecular weight is 158 g/mol. The average Bonchev–Trinajstić information content (AvgIpc) is 2.02. The Hall–Kier alpha value is -0.500. The Kier molecular flexibility index (Phi) is 4.95. The van der Waals surface area contributed by atoms with Gasteiger partial charge < -0.3 is 10.2 Å². The van der Waals surface area contributed by atoms with E-state index in [1.165, 1.54) is 0 Å². The molecule has 0 heterocycles. The number of aliphatic hydroxyl groups is 2. The molecule has 0 saturated heterocycles. The summed E-state index contributed by atoms with van der Waals surface area (Å²) in [6.45, 7) is 5.80. The Morgan fingerprint density at radius 1 is 1.55 bits per heavy atom. The number of allylic oxidation sites excluding steroid dienone is 1. The SMILES string of the molecule is CCC(O)C(C)CC(C)=CO. The minimum atomic E-state index is -0.245. The maximum atomic E-state index is 9.36. The summed E-state index contributed by atoms with van der Waals surface area (Å²) in [6, 6.07) is 0. The van der Waals surface area contributed by atoms with E-state index in [1.54, 1.807) is 0 Å². The standard InChI is InChI=1S/C9H18O2/c1-4-9(11)8(3)5-7(2)6-10/h6,8-11H,4-5H2,1-3H3. The predicted octanol–water partition coefficient (Wildman–Crippen LogP) is 2.25. The Balaban J connectivity index is 3.76. The molecular formula is C9H18O2. The molecule has 11 heavy (non-hydrogen) atoms. The molecule has 0 bridgehead atoms. The second kappa shape index (κ2) is 5.19. The van der Waals surface area contributed by atoms with E-state index in [0.29, 0.717) is 0 Å². The number of aliphatic hydroxyl groups excluding tert-OH is 2. The van der Waals surface area contributed by atoms with Gasteiger partial charge >= 0.3 is 0 Å². The Labute approximate surface area is 68.6 Å². The quantitative estimate of drug-likeness (QED) is 0.616. The number of hydrogen-bond donors (Lipinski definition) is 2. The molecule has 0 aromatic rings. The van der Waals surface area contributed by atoms with Crippen molar-refractivity contribution in [1.29, 1.82) is 0 Å². The van der Waals surface area contributed by atoms with Crippen LogP contribution in [0.15, 0.2) is 11.8 Å². The summed E-state index contributed by atoms with van der Waals surface area (Å²) in [5, 5.41) is 18.0. The molecule has 0 rings (SSSR count). The molecule has 0 radical (unpaired) electrons. The van der Waals surface area contributed by atoms with Gasteiger partial charge in [0.1, 0.15) is 0 Å². The lowest BCUT2D eigenvalue weighted by Gasteiger charge is -2.16. The summed E-state index contributed by atoms with van der Waals surface area (Å²) >= 11 is 0. The van der Waals surface area contributed by atoms with Crippen LogP contribution in [0.3, 0.4) is 0 Å². The molecule has 66 valence electrons. The number of hydrogen-bond acceptors (Lipinski definition) is 2. The van der Waals surface area contributed by atoms with Gasteiger partial charge in [-0.3, -0.25) is 0 Å². The van der Waals surface area contributed by atoms with Gasteiger partial charge in [-0.2, -0.15) is 0 Å². The lowest BCUT2D eigenvalue weighted by atomic mass is 9.96. The molecule has 0 aliphatic rings. The molecule has 2 heteroatoms. The molecule has 2 unspecified atom stereocenters. The Morgan fingerprint density at radius 2 is 2.09 bits per heavy atom. The van der Waals surface area contributed by atoms with Crippen LogP contribution in [0.4, 0.5) is 0 Å². The summed E-state index contributed by atoms with van der Waals surface area (Å²) in [5.74, 6) is 0.239. The molecule has 2 atom stereocenters. The van der Waals surface area contributed by atoms with Crippen molar-refractivity contribution in [2.45, 2.75) is 39.7 Å². The van der Waals surface area contributed by atoms with E-state index < -0.39 is 0 Å². The van der Waals surface area contributed by atoms with Crippen molar-refractivity contribution in [2.75, 3.05) is 0 Å². The maximum Gasteiger partial charge on any atom is 0.0780 e. The third kappa shape index (κ3) is 4.04. The van der Waals surface area contributed by atoms with Crippen LogP contribution in [-0.2, 0) is 0 Å². The fourth-order valence-corrected chi connectivity index (χ4v) is 1.10.